The highest BCUT2D eigenvalue weighted by Crippen LogP contribution is 2.33. The van der Waals surface area contributed by atoms with Gasteiger partial charge in [0, 0.05) is 23.6 Å². The fourth-order valence-corrected chi connectivity index (χ4v) is 4.61. The van der Waals surface area contributed by atoms with Gasteiger partial charge >= 0.3 is 18.4 Å². The molecule has 13 nitrogen and oxygen atoms in total. The number of nitrogens with zero attached hydrogens (tertiary/aromatic N) is 4. The maximum absolute atomic E-state index is 12.9. The summed E-state index contributed by atoms with van der Waals surface area (Å²) >= 11 is 3.00. The highest BCUT2D eigenvalue weighted by Gasteiger charge is 2.34. The van der Waals surface area contributed by atoms with Crippen molar-refractivity contribution in [1.82, 2.24) is 25.5 Å². The number of amides is 2. The number of carbonyl (C=O) groups excluding carboxylic acids is 3. The van der Waals surface area contributed by atoms with Gasteiger partial charge in [0.15, 0.2) is 5.76 Å². The molecule has 246 valence electrons. The van der Waals surface area contributed by atoms with E-state index >= 15 is 0 Å². The van der Waals surface area contributed by atoms with Gasteiger partial charge in [-0.15, -0.1) is 28.2 Å². The molecule has 2 aromatic heterocycles. The Morgan fingerprint density at radius 3 is 2.37 bits per heavy atom. The molecule has 2 atom stereocenters. The summed E-state index contributed by atoms with van der Waals surface area (Å²) in [5, 5.41) is 18.3. The average Bonchev–Trinajstić information content (AvgIpc) is 3.57. The molecule has 2 N–H and O–H groups in total. The lowest BCUT2D eigenvalue weighted by Crippen LogP contribution is -2.48. The van der Waals surface area contributed by atoms with Crippen molar-refractivity contribution in [3.8, 4) is 17.3 Å². The zero-order valence-corrected chi connectivity index (χ0v) is 27.0. The quantitative estimate of drug-likeness (QED) is 0.181. The van der Waals surface area contributed by atoms with Crippen LogP contribution >= 0.6 is 15.9 Å². The number of furan rings is 1. The Morgan fingerprint density at radius 2 is 1.76 bits per heavy atom. The number of benzene rings is 2. The van der Waals surface area contributed by atoms with Gasteiger partial charge in [-0.3, -0.25) is 9.59 Å². The van der Waals surface area contributed by atoms with E-state index in [0.29, 0.717) is 11.0 Å². The molecule has 0 radical (unpaired) electrons. The summed E-state index contributed by atoms with van der Waals surface area (Å²) in [4.78, 5) is 38.5. The Kier molecular flexibility index (Phi) is 9.94. The minimum Gasteiger partial charge on any atom is -0.453 e. The molecule has 0 aliphatic carbocycles. The molecule has 17 heteroatoms. The van der Waals surface area contributed by atoms with Gasteiger partial charge in [0.05, 0.1) is 10.5 Å². The summed E-state index contributed by atoms with van der Waals surface area (Å²) in [7, 11) is 0. The molecule has 46 heavy (non-hydrogen) atoms. The lowest BCUT2D eigenvalue weighted by atomic mass is 10.0. The van der Waals surface area contributed by atoms with Gasteiger partial charge in [-0.2, -0.15) is 0 Å². The Balaban J connectivity index is 1.54. The van der Waals surface area contributed by atoms with Crippen LogP contribution in [0.2, 0.25) is 0 Å². The van der Waals surface area contributed by atoms with Crippen LogP contribution in [-0.2, 0) is 14.3 Å². The number of hydrogen-bond donors (Lipinski definition) is 2. The summed E-state index contributed by atoms with van der Waals surface area (Å²) in [6.07, 6.45) is -6.77. The number of fused-ring (bicyclic) bond motifs is 1. The molecule has 2 heterocycles. The molecule has 2 aromatic carbocycles. The predicted molar refractivity (Wildman–Crippen MR) is 161 cm³/mol. The number of alkyl halides is 3. The SMILES string of the molecule is CC(=O)OC([C@@H](NC(=O)OC(C)(C)C)C(C)C)n1nnc(-c2cc3ccc(C(=O)Nc4ccc(OC(F)(F)F)c(Br)c4)cc3o2)n1. The summed E-state index contributed by atoms with van der Waals surface area (Å²) < 4.78 is 58.3. The van der Waals surface area contributed by atoms with Crippen LogP contribution < -0.4 is 15.4 Å². The van der Waals surface area contributed by atoms with Crippen molar-refractivity contribution in [2.75, 3.05) is 5.32 Å². The molecule has 4 aromatic rings. The van der Waals surface area contributed by atoms with Gasteiger partial charge in [-0.25, -0.2) is 4.79 Å². The van der Waals surface area contributed by atoms with Crippen molar-refractivity contribution in [2.45, 2.75) is 65.8 Å². The van der Waals surface area contributed by atoms with Crippen LogP contribution in [0.1, 0.15) is 58.1 Å². The molecule has 0 saturated carbocycles. The first-order valence-corrected chi connectivity index (χ1v) is 14.5. The number of aromatic nitrogens is 4. The number of carbonyl (C=O) groups is 3. The monoisotopic (exact) mass is 710 g/mol. The van der Waals surface area contributed by atoms with Crippen molar-refractivity contribution in [3.63, 3.8) is 0 Å². The smallest absolute Gasteiger partial charge is 0.453 e. The van der Waals surface area contributed by atoms with E-state index in [4.69, 9.17) is 13.9 Å². The first kappa shape index (κ1) is 34.2. The fraction of sp³-hybridized carbons (Fsp3) is 0.379. The van der Waals surface area contributed by atoms with Crippen LogP contribution in [0.5, 0.6) is 5.75 Å². The number of tetrazole rings is 1. The van der Waals surface area contributed by atoms with E-state index in [1.807, 2.05) is 0 Å². The molecule has 1 unspecified atom stereocenters. The summed E-state index contributed by atoms with van der Waals surface area (Å²) in [5.74, 6) is -1.70. The third-order valence-electron chi connectivity index (χ3n) is 6.07. The van der Waals surface area contributed by atoms with Crippen LogP contribution in [0.25, 0.3) is 22.6 Å². The largest absolute Gasteiger partial charge is 0.573 e. The third-order valence-corrected chi connectivity index (χ3v) is 6.69. The van der Waals surface area contributed by atoms with Gasteiger partial charge in [0.1, 0.15) is 16.9 Å². The van der Waals surface area contributed by atoms with Crippen molar-refractivity contribution in [1.29, 1.82) is 0 Å². The maximum atomic E-state index is 12.9. The Hall–Kier alpha value is -4.67. The van der Waals surface area contributed by atoms with Gasteiger partial charge in [0.25, 0.3) is 5.91 Å². The van der Waals surface area contributed by atoms with Crippen molar-refractivity contribution < 1.29 is 46.2 Å². The molecular formula is C29H30BrF3N6O7. The Bertz CT molecular complexity index is 1750. The lowest BCUT2D eigenvalue weighted by Gasteiger charge is -2.30. The lowest BCUT2D eigenvalue weighted by molar-refractivity contribution is -0.274. The second-order valence-electron chi connectivity index (χ2n) is 11.4. The molecule has 0 aliphatic rings. The minimum absolute atomic E-state index is 0.00872. The van der Waals surface area contributed by atoms with Gasteiger partial charge < -0.3 is 29.3 Å². The molecule has 0 fully saturated rings. The van der Waals surface area contributed by atoms with Crippen LogP contribution in [0.15, 0.2) is 51.4 Å². The van der Waals surface area contributed by atoms with Crippen LogP contribution in [0, 0.1) is 5.92 Å². The van der Waals surface area contributed by atoms with Crippen LogP contribution in [0.4, 0.5) is 23.7 Å². The maximum Gasteiger partial charge on any atom is 0.573 e. The third kappa shape index (κ3) is 8.95. The van der Waals surface area contributed by atoms with Gasteiger partial charge in [-0.05, 0) is 84.2 Å². The molecule has 0 saturated heterocycles. The highest BCUT2D eigenvalue weighted by atomic mass is 79.9. The van der Waals surface area contributed by atoms with Gasteiger partial charge in [0.2, 0.25) is 12.1 Å². The number of ether oxygens (including phenoxy) is 3. The molecule has 0 aliphatic heterocycles. The second kappa shape index (κ2) is 13.4. The molecule has 4 rings (SSSR count). The van der Waals surface area contributed by atoms with Crippen molar-refractivity contribution in [3.05, 3.63) is 52.5 Å². The van der Waals surface area contributed by atoms with E-state index in [1.165, 1.54) is 31.2 Å². The van der Waals surface area contributed by atoms with Crippen LogP contribution in [0.3, 0.4) is 0 Å². The number of esters is 1. The van der Waals surface area contributed by atoms with E-state index in [-0.39, 0.29) is 33.2 Å². The van der Waals surface area contributed by atoms with E-state index in [1.54, 1.807) is 46.8 Å². The predicted octanol–water partition coefficient (Wildman–Crippen LogP) is 6.61. The molecule has 0 spiro atoms. The molecule has 2 amide bonds. The highest BCUT2D eigenvalue weighted by molar-refractivity contribution is 9.10. The Morgan fingerprint density at radius 1 is 1.04 bits per heavy atom. The summed E-state index contributed by atoms with van der Waals surface area (Å²) in [5.41, 5.74) is -0.0477. The number of anilines is 1. The first-order valence-electron chi connectivity index (χ1n) is 13.8. The van der Waals surface area contributed by atoms with E-state index in [0.717, 1.165) is 10.9 Å². The first-order chi connectivity index (χ1) is 21.4. The van der Waals surface area contributed by atoms with E-state index < -0.39 is 48.0 Å². The number of nitrogens with one attached hydrogen (secondary N) is 2. The fourth-order valence-electron chi connectivity index (χ4n) is 4.15. The molecule has 0 bridgehead atoms. The zero-order valence-electron chi connectivity index (χ0n) is 25.4. The van der Waals surface area contributed by atoms with Crippen LogP contribution in [-0.4, -0.2) is 56.2 Å². The number of alkyl carbamates (subject to hydrolysis) is 1. The van der Waals surface area contributed by atoms with E-state index in [9.17, 15) is 27.6 Å². The normalized spacial score (nSPS) is 13.3. The van der Waals surface area contributed by atoms with Crippen molar-refractivity contribution in [2.24, 2.45) is 5.92 Å². The zero-order chi connectivity index (χ0) is 34.0. The topological polar surface area (TPSA) is 160 Å². The minimum atomic E-state index is -4.87. The number of halogens is 4. The second-order valence-corrected chi connectivity index (χ2v) is 12.2. The summed E-state index contributed by atoms with van der Waals surface area (Å²) in [6.45, 7) is 9.96. The number of hydrogen-bond acceptors (Lipinski definition) is 10. The van der Waals surface area contributed by atoms with E-state index in [2.05, 4.69) is 46.7 Å². The average molecular weight is 711 g/mol. The van der Waals surface area contributed by atoms with Gasteiger partial charge in [-0.1, -0.05) is 19.9 Å². The summed E-state index contributed by atoms with van der Waals surface area (Å²) in [6, 6.07) is 9.05. The number of rotatable bonds is 9. The molecular weight excluding hydrogens is 681 g/mol. The Labute approximate surface area is 268 Å². The standard InChI is InChI=1S/C29H30BrF3N6O7/c1-14(2)23(35-27(42)46-28(4,5)6)26(43-15(3)40)39-37-24(36-38-39)22-11-16-7-8-17(12-21(16)44-22)25(41)34-18-9-10-20(19(30)13-18)45-29(31,32)33/h7-14,23,26H,1-6H3,(H,34,41)(H,35,42)/t23-,26?/m0/s1. The van der Waals surface area contributed by atoms with Crippen molar-refractivity contribution >= 4 is 50.6 Å².